The Hall–Kier alpha value is -3.22. The predicted octanol–water partition coefficient (Wildman–Crippen LogP) is 3.56. The number of rotatable bonds is 4. The van der Waals surface area contributed by atoms with Crippen LogP contribution in [0.15, 0.2) is 48.8 Å². The van der Waals surface area contributed by atoms with Crippen molar-refractivity contribution in [2.45, 2.75) is 26.2 Å². The highest BCUT2D eigenvalue weighted by atomic mass is 15.3. The Morgan fingerprint density at radius 3 is 2.10 bits per heavy atom. The Morgan fingerprint density at radius 1 is 0.677 bits per heavy atom. The molecule has 0 unspecified atom stereocenters. The number of anilines is 3. The summed E-state index contributed by atoms with van der Waals surface area (Å²) in [4.78, 5) is 25.8. The smallest absolute Gasteiger partial charge is 0.225 e. The van der Waals surface area contributed by atoms with Gasteiger partial charge in [-0.15, -0.1) is 0 Å². The van der Waals surface area contributed by atoms with Crippen molar-refractivity contribution in [2.24, 2.45) is 0 Å². The molecule has 0 bridgehead atoms. The van der Waals surface area contributed by atoms with Crippen LogP contribution >= 0.6 is 0 Å². The quantitative estimate of drug-likeness (QED) is 0.646. The molecule has 0 aliphatic carbocycles. The van der Waals surface area contributed by atoms with Gasteiger partial charge in [0.15, 0.2) is 0 Å². The third-order valence-electron chi connectivity index (χ3n) is 6.21. The molecular formula is C24H29N7. The number of aromatic nitrogens is 4. The van der Waals surface area contributed by atoms with Crippen LogP contribution in [0.5, 0.6) is 0 Å². The second-order valence-electron chi connectivity index (χ2n) is 8.27. The number of piperidine rings is 1. The van der Waals surface area contributed by atoms with Crippen LogP contribution < -0.4 is 14.7 Å². The lowest BCUT2D eigenvalue weighted by Crippen LogP contribution is -2.47. The third kappa shape index (κ3) is 4.31. The van der Waals surface area contributed by atoms with E-state index < -0.39 is 0 Å². The number of piperazine rings is 1. The van der Waals surface area contributed by atoms with Crippen LogP contribution in [0, 0.1) is 6.92 Å². The monoisotopic (exact) mass is 415 g/mol. The van der Waals surface area contributed by atoms with E-state index in [1.165, 1.54) is 24.9 Å². The number of para-hydroxylation sites is 1. The molecule has 3 aromatic rings. The molecule has 1 aromatic carbocycles. The summed E-state index contributed by atoms with van der Waals surface area (Å²) in [6.45, 7) is 7.89. The fourth-order valence-electron chi connectivity index (χ4n) is 4.41. The molecule has 2 aromatic heterocycles. The van der Waals surface area contributed by atoms with Crippen molar-refractivity contribution in [2.75, 3.05) is 54.0 Å². The molecule has 0 N–H and O–H groups in total. The van der Waals surface area contributed by atoms with Gasteiger partial charge in [0.1, 0.15) is 0 Å². The number of hydrogen-bond donors (Lipinski definition) is 0. The van der Waals surface area contributed by atoms with E-state index in [2.05, 4.69) is 50.0 Å². The fourth-order valence-corrected chi connectivity index (χ4v) is 4.41. The molecular weight excluding hydrogens is 386 g/mol. The second kappa shape index (κ2) is 8.88. The molecule has 0 amide bonds. The van der Waals surface area contributed by atoms with Crippen LogP contribution in [0.3, 0.4) is 0 Å². The maximum Gasteiger partial charge on any atom is 0.225 e. The molecule has 160 valence electrons. The minimum atomic E-state index is 0.805. The largest absolute Gasteiger partial charge is 0.368 e. The Labute approximate surface area is 183 Å². The molecule has 5 rings (SSSR count). The van der Waals surface area contributed by atoms with Gasteiger partial charge in [-0.25, -0.2) is 19.9 Å². The van der Waals surface area contributed by atoms with E-state index in [4.69, 9.17) is 15.0 Å². The number of hydrogen-bond acceptors (Lipinski definition) is 7. The first-order valence-corrected chi connectivity index (χ1v) is 11.2. The van der Waals surface area contributed by atoms with Crippen molar-refractivity contribution in [3.63, 3.8) is 0 Å². The van der Waals surface area contributed by atoms with E-state index in [9.17, 15) is 0 Å². The number of nitrogens with zero attached hydrogens (tertiary/aromatic N) is 7. The summed E-state index contributed by atoms with van der Waals surface area (Å²) >= 11 is 0. The van der Waals surface area contributed by atoms with Gasteiger partial charge in [-0.1, -0.05) is 18.2 Å². The summed E-state index contributed by atoms with van der Waals surface area (Å²) in [5.74, 6) is 1.62. The summed E-state index contributed by atoms with van der Waals surface area (Å²) < 4.78 is 0. The summed E-state index contributed by atoms with van der Waals surface area (Å²) in [6.07, 6.45) is 7.49. The Balaban J connectivity index is 1.29. The molecule has 0 atom stereocenters. The Morgan fingerprint density at radius 2 is 1.35 bits per heavy atom. The minimum Gasteiger partial charge on any atom is -0.368 e. The van der Waals surface area contributed by atoms with Gasteiger partial charge in [0.05, 0.1) is 11.4 Å². The van der Waals surface area contributed by atoms with Crippen LogP contribution in [0.2, 0.25) is 0 Å². The molecule has 7 nitrogen and oxygen atoms in total. The molecule has 4 heterocycles. The van der Waals surface area contributed by atoms with E-state index in [0.29, 0.717) is 0 Å². The molecule has 0 radical (unpaired) electrons. The van der Waals surface area contributed by atoms with Crippen molar-refractivity contribution >= 4 is 17.6 Å². The Bertz CT molecular complexity index is 1010. The average molecular weight is 416 g/mol. The van der Waals surface area contributed by atoms with Crippen molar-refractivity contribution in [1.82, 2.24) is 19.9 Å². The van der Waals surface area contributed by atoms with Crippen LogP contribution in [0.1, 0.15) is 25.0 Å². The normalized spacial score (nSPS) is 17.1. The van der Waals surface area contributed by atoms with E-state index in [0.717, 1.165) is 68.1 Å². The van der Waals surface area contributed by atoms with Gasteiger partial charge in [0.2, 0.25) is 11.9 Å². The van der Waals surface area contributed by atoms with Gasteiger partial charge in [0.25, 0.3) is 0 Å². The lowest BCUT2D eigenvalue weighted by Gasteiger charge is -2.36. The van der Waals surface area contributed by atoms with Crippen LogP contribution in [-0.4, -0.2) is 59.2 Å². The first-order valence-electron chi connectivity index (χ1n) is 11.2. The third-order valence-corrected chi connectivity index (χ3v) is 6.21. The maximum atomic E-state index is 4.84. The first-order chi connectivity index (χ1) is 15.3. The van der Waals surface area contributed by atoms with Gasteiger partial charge in [-0.3, -0.25) is 0 Å². The summed E-state index contributed by atoms with van der Waals surface area (Å²) in [5.41, 5.74) is 4.11. The van der Waals surface area contributed by atoms with Gasteiger partial charge < -0.3 is 14.7 Å². The topological polar surface area (TPSA) is 61.3 Å². The van der Waals surface area contributed by atoms with Gasteiger partial charge in [-0.2, -0.15) is 0 Å². The van der Waals surface area contributed by atoms with E-state index in [-0.39, 0.29) is 0 Å². The highest BCUT2D eigenvalue weighted by Crippen LogP contribution is 2.25. The molecule has 2 fully saturated rings. The standard InChI is InChI=1S/C24H29N7/c1-19-21(22-10-11-25-23(28-22)30-12-6-3-7-13-30)18-26-24(27-19)31-16-14-29(15-17-31)20-8-4-2-5-9-20/h2,4-5,8-11,18H,3,6-7,12-17H2,1H3. The van der Waals surface area contributed by atoms with Crippen molar-refractivity contribution < 1.29 is 0 Å². The maximum absolute atomic E-state index is 4.84. The molecule has 0 saturated carbocycles. The zero-order chi connectivity index (χ0) is 21.0. The Kier molecular flexibility index (Phi) is 5.65. The lowest BCUT2D eigenvalue weighted by atomic mass is 10.1. The van der Waals surface area contributed by atoms with E-state index in [1.807, 2.05) is 25.4 Å². The van der Waals surface area contributed by atoms with E-state index in [1.54, 1.807) is 0 Å². The average Bonchev–Trinajstić information content (AvgIpc) is 2.85. The van der Waals surface area contributed by atoms with Gasteiger partial charge in [0, 0.05) is 62.9 Å². The first kappa shape index (κ1) is 19.7. The molecule has 2 saturated heterocycles. The second-order valence-corrected chi connectivity index (χ2v) is 8.27. The van der Waals surface area contributed by atoms with Crippen molar-refractivity contribution in [3.8, 4) is 11.3 Å². The lowest BCUT2D eigenvalue weighted by molar-refractivity contribution is 0.568. The zero-order valence-corrected chi connectivity index (χ0v) is 18.1. The molecule has 2 aliphatic heterocycles. The number of aryl methyl sites for hydroxylation is 1. The van der Waals surface area contributed by atoms with Gasteiger partial charge in [-0.05, 0) is 44.4 Å². The molecule has 31 heavy (non-hydrogen) atoms. The van der Waals surface area contributed by atoms with Crippen molar-refractivity contribution in [1.29, 1.82) is 0 Å². The fraction of sp³-hybridized carbons (Fsp3) is 0.417. The molecule has 7 heteroatoms. The SMILES string of the molecule is Cc1nc(N2CCN(c3ccccc3)CC2)ncc1-c1ccnc(N2CCCCC2)n1. The highest BCUT2D eigenvalue weighted by Gasteiger charge is 2.20. The van der Waals surface area contributed by atoms with Crippen LogP contribution in [0.25, 0.3) is 11.3 Å². The molecule has 0 spiro atoms. The highest BCUT2D eigenvalue weighted by molar-refractivity contribution is 5.62. The summed E-state index contributed by atoms with van der Waals surface area (Å²) in [7, 11) is 0. The van der Waals surface area contributed by atoms with Crippen LogP contribution in [-0.2, 0) is 0 Å². The minimum absolute atomic E-state index is 0.805. The number of benzene rings is 1. The van der Waals surface area contributed by atoms with Crippen LogP contribution in [0.4, 0.5) is 17.6 Å². The zero-order valence-electron chi connectivity index (χ0n) is 18.1. The molecule has 2 aliphatic rings. The van der Waals surface area contributed by atoms with E-state index >= 15 is 0 Å². The van der Waals surface area contributed by atoms with Crippen molar-refractivity contribution in [3.05, 3.63) is 54.5 Å². The van der Waals surface area contributed by atoms with Gasteiger partial charge >= 0.3 is 0 Å². The summed E-state index contributed by atoms with van der Waals surface area (Å²) in [6, 6.07) is 12.5. The predicted molar refractivity (Wildman–Crippen MR) is 125 cm³/mol. The summed E-state index contributed by atoms with van der Waals surface area (Å²) in [5, 5.41) is 0.